The van der Waals surface area contributed by atoms with E-state index in [-0.39, 0.29) is 24.7 Å². The highest BCUT2D eigenvalue weighted by molar-refractivity contribution is 5.98. The number of nitrogens with two attached hydrogens (primary N) is 2. The van der Waals surface area contributed by atoms with Gasteiger partial charge in [0.05, 0.1) is 0 Å². The largest absolute Gasteiger partial charge is 0.480 e. The number of guanidine groups is 1. The third kappa shape index (κ3) is 8.52. The summed E-state index contributed by atoms with van der Waals surface area (Å²) in [5, 5.41) is 14.5. The van der Waals surface area contributed by atoms with Crippen molar-refractivity contribution in [1.29, 1.82) is 0 Å². The van der Waals surface area contributed by atoms with Gasteiger partial charge in [-0.05, 0) is 37.3 Å². The zero-order valence-corrected chi connectivity index (χ0v) is 16.2. The predicted octanol–water partition coefficient (Wildman–Crippen LogP) is 0.454. The molecule has 0 aliphatic carbocycles. The molecule has 0 aromatic heterocycles. The van der Waals surface area contributed by atoms with Crippen molar-refractivity contribution >= 4 is 23.7 Å². The summed E-state index contributed by atoms with van der Waals surface area (Å²) in [7, 11) is 0. The van der Waals surface area contributed by atoms with Crippen molar-refractivity contribution in [3.8, 4) is 0 Å². The van der Waals surface area contributed by atoms with E-state index in [1.54, 1.807) is 30.3 Å². The van der Waals surface area contributed by atoms with Crippen LogP contribution in [0.2, 0.25) is 0 Å². The molecule has 0 bridgehead atoms. The summed E-state index contributed by atoms with van der Waals surface area (Å²) < 4.78 is 0. The van der Waals surface area contributed by atoms with Crippen LogP contribution in [0.5, 0.6) is 0 Å². The molecule has 28 heavy (non-hydrogen) atoms. The Morgan fingerprint density at radius 1 is 1.07 bits per heavy atom. The Bertz CT molecular complexity index is 687. The first kappa shape index (κ1) is 22.9. The molecule has 1 rings (SSSR count). The molecule has 1 aromatic rings. The Morgan fingerprint density at radius 2 is 1.71 bits per heavy atom. The van der Waals surface area contributed by atoms with E-state index in [9.17, 15) is 19.5 Å². The Hall–Kier alpha value is -3.10. The summed E-state index contributed by atoms with van der Waals surface area (Å²) in [5.74, 6) is -2.06. The fourth-order valence-electron chi connectivity index (χ4n) is 2.57. The molecular formula is C19H29N5O4. The van der Waals surface area contributed by atoms with E-state index in [1.807, 2.05) is 13.8 Å². The lowest BCUT2D eigenvalue weighted by molar-refractivity contribution is -0.142. The zero-order valence-electron chi connectivity index (χ0n) is 16.2. The Balaban J connectivity index is 2.85. The fourth-order valence-corrected chi connectivity index (χ4v) is 2.57. The number of hydrogen-bond donors (Lipinski definition) is 5. The number of nitrogens with zero attached hydrogens (tertiary/aromatic N) is 1. The zero-order chi connectivity index (χ0) is 21.1. The van der Waals surface area contributed by atoms with Crippen molar-refractivity contribution in [2.45, 2.75) is 45.2 Å². The number of benzene rings is 1. The van der Waals surface area contributed by atoms with Gasteiger partial charge in [0.15, 0.2) is 5.96 Å². The first-order valence-electron chi connectivity index (χ1n) is 9.15. The molecule has 9 nitrogen and oxygen atoms in total. The van der Waals surface area contributed by atoms with Crippen molar-refractivity contribution in [3.63, 3.8) is 0 Å². The number of carbonyl (C=O) groups excluding carboxylic acids is 2. The van der Waals surface area contributed by atoms with Crippen LogP contribution in [0.15, 0.2) is 35.3 Å². The van der Waals surface area contributed by atoms with E-state index < -0.39 is 29.9 Å². The maximum atomic E-state index is 12.7. The summed E-state index contributed by atoms with van der Waals surface area (Å²) in [4.78, 5) is 40.4. The summed E-state index contributed by atoms with van der Waals surface area (Å²) in [5.41, 5.74) is 11.0. The standard InChI is InChI=1S/C19H29N5O4/c1-12(2)11-15(18(27)28)24-17(26)14(9-6-10-22-19(20)21)23-16(25)13-7-4-3-5-8-13/h3-5,7-8,12,14-15H,6,9-11H2,1-2H3,(H,23,25)(H,24,26)(H,27,28)(H4,20,21,22). The molecule has 7 N–H and O–H groups in total. The highest BCUT2D eigenvalue weighted by atomic mass is 16.4. The molecule has 0 radical (unpaired) electrons. The van der Waals surface area contributed by atoms with Crippen LogP contribution in [0.3, 0.4) is 0 Å². The monoisotopic (exact) mass is 391 g/mol. The molecular weight excluding hydrogens is 362 g/mol. The van der Waals surface area contributed by atoms with Crippen LogP contribution in [0.1, 0.15) is 43.5 Å². The number of rotatable bonds is 11. The first-order valence-corrected chi connectivity index (χ1v) is 9.15. The van der Waals surface area contributed by atoms with Gasteiger partial charge in [-0.3, -0.25) is 14.6 Å². The topological polar surface area (TPSA) is 160 Å². The van der Waals surface area contributed by atoms with E-state index in [1.165, 1.54) is 0 Å². The normalized spacial score (nSPS) is 12.7. The van der Waals surface area contributed by atoms with Crippen molar-refractivity contribution < 1.29 is 19.5 Å². The van der Waals surface area contributed by atoms with E-state index in [4.69, 9.17) is 11.5 Å². The van der Waals surface area contributed by atoms with Crippen molar-refractivity contribution in [3.05, 3.63) is 35.9 Å². The summed E-state index contributed by atoms with van der Waals surface area (Å²) >= 11 is 0. The second-order valence-electron chi connectivity index (χ2n) is 6.87. The van der Waals surface area contributed by atoms with Crippen molar-refractivity contribution in [2.75, 3.05) is 6.54 Å². The van der Waals surface area contributed by atoms with Gasteiger partial charge in [-0.15, -0.1) is 0 Å². The Morgan fingerprint density at radius 3 is 2.25 bits per heavy atom. The lowest BCUT2D eigenvalue weighted by atomic mass is 10.0. The lowest BCUT2D eigenvalue weighted by Gasteiger charge is -2.22. The van der Waals surface area contributed by atoms with Crippen molar-refractivity contribution in [2.24, 2.45) is 22.4 Å². The number of nitrogens with one attached hydrogen (secondary N) is 2. The molecule has 0 aliphatic rings. The second kappa shape index (κ2) is 11.6. The van der Waals surface area contributed by atoms with Gasteiger partial charge in [-0.25, -0.2) is 4.79 Å². The third-order valence-electron chi connectivity index (χ3n) is 3.92. The molecule has 0 saturated heterocycles. The van der Waals surface area contributed by atoms with Gasteiger partial charge in [0.25, 0.3) is 5.91 Å². The van der Waals surface area contributed by atoms with Gasteiger partial charge in [0, 0.05) is 12.1 Å². The molecule has 2 atom stereocenters. The molecule has 0 spiro atoms. The average molecular weight is 391 g/mol. The minimum atomic E-state index is -1.12. The molecule has 2 amide bonds. The van der Waals surface area contributed by atoms with E-state index in [0.717, 1.165) is 0 Å². The van der Waals surface area contributed by atoms with E-state index in [0.29, 0.717) is 18.5 Å². The number of hydrogen-bond acceptors (Lipinski definition) is 4. The Labute approximate surface area is 164 Å². The minimum Gasteiger partial charge on any atom is -0.480 e. The summed E-state index contributed by atoms with van der Waals surface area (Å²) in [6.45, 7) is 4.03. The lowest BCUT2D eigenvalue weighted by Crippen LogP contribution is -2.52. The number of carboxylic acids is 1. The number of amides is 2. The van der Waals surface area contributed by atoms with E-state index in [2.05, 4.69) is 15.6 Å². The highest BCUT2D eigenvalue weighted by Crippen LogP contribution is 2.08. The van der Waals surface area contributed by atoms with Gasteiger partial charge < -0.3 is 27.2 Å². The number of aliphatic carboxylic acids is 1. The predicted molar refractivity (Wildman–Crippen MR) is 107 cm³/mol. The van der Waals surface area contributed by atoms with Gasteiger partial charge in [-0.1, -0.05) is 32.0 Å². The SMILES string of the molecule is CC(C)CC(NC(=O)C(CCCN=C(N)N)NC(=O)c1ccccc1)C(=O)O. The molecule has 9 heteroatoms. The first-order chi connectivity index (χ1) is 13.2. The van der Waals surface area contributed by atoms with Crippen LogP contribution < -0.4 is 22.1 Å². The fraction of sp³-hybridized carbons (Fsp3) is 0.474. The van der Waals surface area contributed by atoms with E-state index >= 15 is 0 Å². The maximum absolute atomic E-state index is 12.7. The van der Waals surface area contributed by atoms with Gasteiger partial charge in [0.2, 0.25) is 5.91 Å². The van der Waals surface area contributed by atoms with Gasteiger partial charge >= 0.3 is 5.97 Å². The van der Waals surface area contributed by atoms with Gasteiger partial charge in [0.1, 0.15) is 12.1 Å². The third-order valence-corrected chi connectivity index (χ3v) is 3.92. The van der Waals surface area contributed by atoms with Crippen LogP contribution in [-0.4, -0.2) is 47.5 Å². The molecule has 0 aliphatic heterocycles. The molecule has 0 heterocycles. The highest BCUT2D eigenvalue weighted by Gasteiger charge is 2.27. The molecule has 1 aromatic carbocycles. The quantitative estimate of drug-likeness (QED) is 0.209. The minimum absolute atomic E-state index is 0.0582. The number of carbonyl (C=O) groups is 3. The summed E-state index contributed by atoms with van der Waals surface area (Å²) in [6, 6.07) is 6.53. The smallest absolute Gasteiger partial charge is 0.326 e. The van der Waals surface area contributed by atoms with Crippen molar-refractivity contribution in [1.82, 2.24) is 10.6 Å². The number of carboxylic acid groups (broad SMARTS) is 1. The maximum Gasteiger partial charge on any atom is 0.326 e. The second-order valence-corrected chi connectivity index (χ2v) is 6.87. The van der Waals surface area contributed by atoms with Gasteiger partial charge in [-0.2, -0.15) is 0 Å². The van der Waals surface area contributed by atoms with Crippen LogP contribution in [0, 0.1) is 5.92 Å². The van der Waals surface area contributed by atoms with Crippen LogP contribution >= 0.6 is 0 Å². The Kier molecular flexibility index (Phi) is 9.49. The number of aliphatic imine (C=N–C) groups is 1. The molecule has 0 saturated carbocycles. The average Bonchev–Trinajstić information content (AvgIpc) is 2.63. The molecule has 0 fully saturated rings. The molecule has 2 unspecified atom stereocenters. The molecule has 154 valence electrons. The summed E-state index contributed by atoms with van der Waals surface area (Å²) in [6.07, 6.45) is 0.983. The van der Waals surface area contributed by atoms with Crippen LogP contribution in [-0.2, 0) is 9.59 Å². The van der Waals surface area contributed by atoms with Crippen LogP contribution in [0.25, 0.3) is 0 Å². The van der Waals surface area contributed by atoms with Crippen LogP contribution in [0.4, 0.5) is 0 Å².